The summed E-state index contributed by atoms with van der Waals surface area (Å²) in [7, 11) is 0. The summed E-state index contributed by atoms with van der Waals surface area (Å²) in [6, 6.07) is 16.5. The predicted octanol–water partition coefficient (Wildman–Crippen LogP) is 4.57. The molecule has 0 aliphatic rings. The standard InChI is InChI=1S/C17H16OS/c18-17(9-8-13-10-11-19-12-13)16-7-3-5-14-4-1-2-6-15(14)16/h1-7,10-12,17-18H,8-9H2. The van der Waals surface area contributed by atoms with E-state index in [1.165, 1.54) is 10.9 Å². The first kappa shape index (κ1) is 12.4. The summed E-state index contributed by atoms with van der Waals surface area (Å²) in [6.45, 7) is 0. The molecule has 0 radical (unpaired) electrons. The molecule has 1 heterocycles. The van der Waals surface area contributed by atoms with Crippen LogP contribution in [0.25, 0.3) is 10.8 Å². The summed E-state index contributed by atoms with van der Waals surface area (Å²) >= 11 is 1.71. The molecule has 0 fully saturated rings. The topological polar surface area (TPSA) is 20.2 Å². The lowest BCUT2D eigenvalue weighted by atomic mass is 9.97. The van der Waals surface area contributed by atoms with E-state index in [9.17, 15) is 5.11 Å². The summed E-state index contributed by atoms with van der Waals surface area (Å²) in [5, 5.41) is 17.0. The van der Waals surface area contributed by atoms with Gasteiger partial charge in [-0.05, 0) is 51.6 Å². The SMILES string of the molecule is OC(CCc1ccsc1)c1cccc2ccccc12. The van der Waals surface area contributed by atoms with E-state index in [0.29, 0.717) is 0 Å². The van der Waals surface area contributed by atoms with E-state index >= 15 is 0 Å². The Morgan fingerprint density at radius 2 is 1.84 bits per heavy atom. The van der Waals surface area contributed by atoms with E-state index in [4.69, 9.17) is 0 Å². The van der Waals surface area contributed by atoms with Crippen molar-refractivity contribution in [3.05, 3.63) is 70.4 Å². The van der Waals surface area contributed by atoms with E-state index in [1.807, 2.05) is 24.3 Å². The maximum atomic E-state index is 10.4. The van der Waals surface area contributed by atoms with E-state index < -0.39 is 6.10 Å². The third-order valence-electron chi connectivity index (χ3n) is 3.47. The minimum Gasteiger partial charge on any atom is -0.388 e. The van der Waals surface area contributed by atoms with Gasteiger partial charge in [0.1, 0.15) is 0 Å². The monoisotopic (exact) mass is 268 g/mol. The van der Waals surface area contributed by atoms with Crippen LogP contribution in [0, 0.1) is 0 Å². The van der Waals surface area contributed by atoms with Crippen LogP contribution in [0.15, 0.2) is 59.3 Å². The molecule has 1 aromatic heterocycles. The van der Waals surface area contributed by atoms with Crippen molar-refractivity contribution in [3.63, 3.8) is 0 Å². The lowest BCUT2D eigenvalue weighted by Gasteiger charge is -2.13. The number of hydrogen-bond donors (Lipinski definition) is 1. The van der Waals surface area contributed by atoms with Crippen LogP contribution < -0.4 is 0 Å². The lowest BCUT2D eigenvalue weighted by Crippen LogP contribution is -2.00. The van der Waals surface area contributed by atoms with Gasteiger partial charge in [-0.3, -0.25) is 0 Å². The maximum Gasteiger partial charge on any atom is 0.0799 e. The first-order chi connectivity index (χ1) is 9.34. The van der Waals surface area contributed by atoms with Crippen LogP contribution in [-0.4, -0.2) is 5.11 Å². The van der Waals surface area contributed by atoms with Crippen molar-refractivity contribution in [3.8, 4) is 0 Å². The highest BCUT2D eigenvalue weighted by Crippen LogP contribution is 2.27. The number of thiophene rings is 1. The first-order valence-electron chi connectivity index (χ1n) is 6.51. The lowest BCUT2D eigenvalue weighted by molar-refractivity contribution is 0.169. The predicted molar refractivity (Wildman–Crippen MR) is 81.5 cm³/mol. The first-order valence-corrected chi connectivity index (χ1v) is 7.45. The fraction of sp³-hybridized carbons (Fsp3) is 0.176. The molecular weight excluding hydrogens is 252 g/mol. The fourth-order valence-electron chi connectivity index (χ4n) is 2.43. The summed E-state index contributed by atoms with van der Waals surface area (Å²) < 4.78 is 0. The van der Waals surface area contributed by atoms with Gasteiger partial charge < -0.3 is 5.11 Å². The molecule has 1 unspecified atom stereocenters. The number of aryl methyl sites for hydroxylation is 1. The number of aliphatic hydroxyl groups excluding tert-OH is 1. The van der Waals surface area contributed by atoms with E-state index in [-0.39, 0.29) is 0 Å². The van der Waals surface area contributed by atoms with Crippen LogP contribution in [0.1, 0.15) is 23.7 Å². The van der Waals surface area contributed by atoms with Crippen molar-refractivity contribution >= 4 is 22.1 Å². The van der Waals surface area contributed by atoms with Gasteiger partial charge in [-0.25, -0.2) is 0 Å². The maximum absolute atomic E-state index is 10.4. The minimum absolute atomic E-state index is 0.397. The zero-order valence-electron chi connectivity index (χ0n) is 10.6. The fourth-order valence-corrected chi connectivity index (χ4v) is 3.14. The molecule has 2 aromatic carbocycles. The molecule has 3 aromatic rings. The molecule has 0 saturated carbocycles. The summed E-state index contributed by atoms with van der Waals surface area (Å²) in [6.07, 6.45) is 1.30. The molecule has 3 rings (SSSR count). The van der Waals surface area contributed by atoms with E-state index in [2.05, 4.69) is 35.0 Å². The Bertz CT molecular complexity index is 653. The van der Waals surface area contributed by atoms with Crippen molar-refractivity contribution in [1.29, 1.82) is 0 Å². The number of fused-ring (bicyclic) bond motifs is 1. The number of hydrogen-bond acceptors (Lipinski definition) is 2. The van der Waals surface area contributed by atoms with Gasteiger partial charge in [-0.1, -0.05) is 42.5 Å². The number of benzene rings is 2. The number of aliphatic hydroxyl groups is 1. The smallest absolute Gasteiger partial charge is 0.0799 e. The van der Waals surface area contributed by atoms with Crippen LogP contribution in [0.5, 0.6) is 0 Å². The van der Waals surface area contributed by atoms with Crippen molar-refractivity contribution in [2.24, 2.45) is 0 Å². The molecule has 0 amide bonds. The third-order valence-corrected chi connectivity index (χ3v) is 4.20. The quantitative estimate of drug-likeness (QED) is 0.735. The van der Waals surface area contributed by atoms with Gasteiger partial charge in [0.2, 0.25) is 0 Å². The number of rotatable bonds is 4. The molecule has 2 heteroatoms. The van der Waals surface area contributed by atoms with Crippen molar-refractivity contribution < 1.29 is 5.11 Å². The van der Waals surface area contributed by atoms with Gasteiger partial charge in [0, 0.05) is 0 Å². The van der Waals surface area contributed by atoms with Gasteiger partial charge in [0.25, 0.3) is 0 Å². The molecule has 1 atom stereocenters. The Labute approximate surface area is 117 Å². The average molecular weight is 268 g/mol. The highest BCUT2D eigenvalue weighted by atomic mass is 32.1. The van der Waals surface area contributed by atoms with E-state index in [0.717, 1.165) is 23.8 Å². The molecule has 0 bridgehead atoms. The molecule has 0 aliphatic heterocycles. The van der Waals surface area contributed by atoms with Crippen LogP contribution >= 0.6 is 11.3 Å². The molecule has 0 spiro atoms. The Balaban J connectivity index is 1.83. The molecule has 1 N–H and O–H groups in total. The summed E-state index contributed by atoms with van der Waals surface area (Å²) in [4.78, 5) is 0. The van der Waals surface area contributed by atoms with Gasteiger partial charge in [-0.2, -0.15) is 11.3 Å². The van der Waals surface area contributed by atoms with Crippen molar-refractivity contribution in [1.82, 2.24) is 0 Å². The average Bonchev–Trinajstić information content (AvgIpc) is 2.97. The highest BCUT2D eigenvalue weighted by Gasteiger charge is 2.11. The minimum atomic E-state index is -0.397. The van der Waals surface area contributed by atoms with E-state index in [1.54, 1.807) is 11.3 Å². The van der Waals surface area contributed by atoms with Crippen molar-refractivity contribution in [2.45, 2.75) is 18.9 Å². The second-order valence-electron chi connectivity index (χ2n) is 4.75. The molecule has 0 saturated heterocycles. The largest absolute Gasteiger partial charge is 0.388 e. The van der Waals surface area contributed by atoms with Crippen LogP contribution in [0.2, 0.25) is 0 Å². The molecule has 1 nitrogen and oxygen atoms in total. The van der Waals surface area contributed by atoms with Gasteiger partial charge in [0.15, 0.2) is 0 Å². The normalized spacial score (nSPS) is 12.7. The molecular formula is C17H16OS. The molecule has 19 heavy (non-hydrogen) atoms. The highest BCUT2D eigenvalue weighted by molar-refractivity contribution is 7.07. The third kappa shape index (κ3) is 2.70. The summed E-state index contributed by atoms with van der Waals surface area (Å²) in [5.74, 6) is 0. The Kier molecular flexibility index (Phi) is 3.62. The second kappa shape index (κ2) is 5.55. The van der Waals surface area contributed by atoms with Crippen molar-refractivity contribution in [2.75, 3.05) is 0 Å². The van der Waals surface area contributed by atoms with Gasteiger partial charge >= 0.3 is 0 Å². The summed E-state index contributed by atoms with van der Waals surface area (Å²) in [5.41, 5.74) is 2.35. The van der Waals surface area contributed by atoms with Gasteiger partial charge in [0.05, 0.1) is 6.10 Å². The zero-order chi connectivity index (χ0) is 13.1. The van der Waals surface area contributed by atoms with Crippen LogP contribution in [0.3, 0.4) is 0 Å². The molecule has 0 aliphatic carbocycles. The van der Waals surface area contributed by atoms with Gasteiger partial charge in [-0.15, -0.1) is 0 Å². The van der Waals surface area contributed by atoms with Crippen LogP contribution in [0.4, 0.5) is 0 Å². The molecule has 96 valence electrons. The Morgan fingerprint density at radius 1 is 1.00 bits per heavy atom. The zero-order valence-corrected chi connectivity index (χ0v) is 11.4. The Hall–Kier alpha value is -1.64. The second-order valence-corrected chi connectivity index (χ2v) is 5.53. The Morgan fingerprint density at radius 3 is 2.68 bits per heavy atom. The van der Waals surface area contributed by atoms with Crippen LogP contribution in [-0.2, 0) is 6.42 Å².